The molecule has 0 saturated carbocycles. The van der Waals surface area contributed by atoms with Crippen molar-refractivity contribution in [2.75, 3.05) is 26.2 Å². The Morgan fingerprint density at radius 2 is 1.83 bits per heavy atom. The Balaban J connectivity index is 1.43. The molecule has 0 atom stereocenters. The van der Waals surface area contributed by atoms with Crippen molar-refractivity contribution in [2.45, 2.75) is 27.3 Å². The van der Waals surface area contributed by atoms with Crippen molar-refractivity contribution in [1.82, 2.24) is 19.2 Å². The SMILES string of the molecule is Cc1ccn2c(CN3CCN(C(=O)c4ccc(C)c([N+](=O)[O-])c4)CC3)c(C)nc2c1. The summed E-state index contributed by atoms with van der Waals surface area (Å²) >= 11 is 0. The van der Waals surface area contributed by atoms with Crippen molar-refractivity contribution in [3.8, 4) is 0 Å². The number of hydrogen-bond acceptors (Lipinski definition) is 5. The lowest BCUT2D eigenvalue weighted by atomic mass is 10.1. The van der Waals surface area contributed by atoms with E-state index in [0.29, 0.717) is 24.2 Å². The second kappa shape index (κ2) is 7.87. The fourth-order valence-electron chi connectivity index (χ4n) is 3.95. The van der Waals surface area contributed by atoms with Gasteiger partial charge in [0.15, 0.2) is 0 Å². The Kier molecular flexibility index (Phi) is 5.26. The number of pyridine rings is 1. The molecule has 0 radical (unpaired) electrons. The van der Waals surface area contributed by atoms with E-state index in [0.717, 1.165) is 31.0 Å². The molecule has 156 valence electrons. The molecule has 1 amide bonds. The summed E-state index contributed by atoms with van der Waals surface area (Å²) < 4.78 is 2.13. The van der Waals surface area contributed by atoms with E-state index in [1.54, 1.807) is 24.0 Å². The lowest BCUT2D eigenvalue weighted by Crippen LogP contribution is -2.48. The van der Waals surface area contributed by atoms with E-state index < -0.39 is 4.92 Å². The second-order valence-corrected chi connectivity index (χ2v) is 7.90. The van der Waals surface area contributed by atoms with Gasteiger partial charge < -0.3 is 9.30 Å². The molecule has 3 aromatic rings. The number of imidazole rings is 1. The first-order valence-corrected chi connectivity index (χ1v) is 10.0. The average Bonchev–Trinajstić information content (AvgIpc) is 3.02. The average molecular weight is 407 g/mol. The summed E-state index contributed by atoms with van der Waals surface area (Å²) in [7, 11) is 0. The molecule has 2 aromatic heterocycles. The molecule has 1 aliphatic rings. The molecular weight excluding hydrogens is 382 g/mol. The zero-order chi connectivity index (χ0) is 21.4. The number of nitrogens with zero attached hydrogens (tertiary/aromatic N) is 5. The fourth-order valence-corrected chi connectivity index (χ4v) is 3.95. The zero-order valence-corrected chi connectivity index (χ0v) is 17.5. The third-order valence-corrected chi connectivity index (χ3v) is 5.77. The van der Waals surface area contributed by atoms with Crippen molar-refractivity contribution >= 4 is 17.2 Å². The van der Waals surface area contributed by atoms with Gasteiger partial charge in [0, 0.05) is 56.1 Å². The van der Waals surface area contributed by atoms with Gasteiger partial charge in [-0.3, -0.25) is 19.8 Å². The maximum absolute atomic E-state index is 12.8. The Hall–Kier alpha value is -3.26. The summed E-state index contributed by atoms with van der Waals surface area (Å²) in [4.78, 5) is 32.3. The van der Waals surface area contributed by atoms with Crippen LogP contribution in [-0.4, -0.2) is 56.2 Å². The summed E-state index contributed by atoms with van der Waals surface area (Å²) in [6, 6.07) is 8.84. The summed E-state index contributed by atoms with van der Waals surface area (Å²) in [5, 5.41) is 11.2. The quantitative estimate of drug-likeness (QED) is 0.490. The van der Waals surface area contributed by atoms with E-state index in [1.165, 1.54) is 17.3 Å². The highest BCUT2D eigenvalue weighted by molar-refractivity contribution is 5.95. The first-order valence-electron chi connectivity index (χ1n) is 10.0. The van der Waals surface area contributed by atoms with Gasteiger partial charge in [-0.15, -0.1) is 0 Å². The molecule has 0 bridgehead atoms. The number of nitro groups is 1. The van der Waals surface area contributed by atoms with Crippen LogP contribution in [0, 0.1) is 30.9 Å². The molecule has 1 aliphatic heterocycles. The minimum Gasteiger partial charge on any atom is -0.336 e. The standard InChI is InChI=1S/C22H25N5O3/c1-15-6-7-26-20(17(3)23-21(26)12-15)14-24-8-10-25(11-9-24)22(28)18-5-4-16(2)19(13-18)27(29)30/h4-7,12-13H,8-11,14H2,1-3H3. The molecule has 1 saturated heterocycles. The topological polar surface area (TPSA) is 84.0 Å². The van der Waals surface area contributed by atoms with Crippen LogP contribution in [0.4, 0.5) is 5.69 Å². The lowest BCUT2D eigenvalue weighted by molar-refractivity contribution is -0.385. The van der Waals surface area contributed by atoms with Crippen LogP contribution >= 0.6 is 0 Å². The van der Waals surface area contributed by atoms with Gasteiger partial charge in [-0.2, -0.15) is 0 Å². The van der Waals surface area contributed by atoms with Crippen molar-refractivity contribution in [3.63, 3.8) is 0 Å². The number of piperazine rings is 1. The number of aryl methyl sites for hydroxylation is 3. The summed E-state index contributed by atoms with van der Waals surface area (Å²) in [6.07, 6.45) is 2.06. The molecule has 0 aliphatic carbocycles. The highest BCUT2D eigenvalue weighted by atomic mass is 16.6. The smallest absolute Gasteiger partial charge is 0.273 e. The molecule has 1 fully saturated rings. The number of carbonyl (C=O) groups excluding carboxylic acids is 1. The number of fused-ring (bicyclic) bond motifs is 1. The van der Waals surface area contributed by atoms with Crippen molar-refractivity contribution in [3.05, 3.63) is 74.7 Å². The monoisotopic (exact) mass is 407 g/mol. The maximum Gasteiger partial charge on any atom is 0.273 e. The minimum absolute atomic E-state index is 0.0159. The normalized spacial score (nSPS) is 15.0. The predicted molar refractivity (Wildman–Crippen MR) is 114 cm³/mol. The number of benzene rings is 1. The third kappa shape index (κ3) is 3.78. The van der Waals surface area contributed by atoms with Crippen LogP contribution in [0.2, 0.25) is 0 Å². The summed E-state index contributed by atoms with van der Waals surface area (Å²) in [5.41, 5.74) is 5.23. The van der Waals surface area contributed by atoms with Crippen LogP contribution < -0.4 is 0 Å². The molecule has 0 spiro atoms. The van der Waals surface area contributed by atoms with E-state index in [4.69, 9.17) is 0 Å². The lowest BCUT2D eigenvalue weighted by Gasteiger charge is -2.34. The predicted octanol–water partition coefficient (Wildman–Crippen LogP) is 3.13. The van der Waals surface area contributed by atoms with E-state index in [2.05, 4.69) is 39.5 Å². The second-order valence-electron chi connectivity index (χ2n) is 7.90. The summed E-state index contributed by atoms with van der Waals surface area (Å²) in [6.45, 7) is 9.22. The van der Waals surface area contributed by atoms with E-state index in [9.17, 15) is 14.9 Å². The van der Waals surface area contributed by atoms with Gasteiger partial charge in [-0.05, 0) is 44.5 Å². The molecule has 8 nitrogen and oxygen atoms in total. The molecule has 4 rings (SSSR count). The number of amides is 1. The number of hydrogen-bond donors (Lipinski definition) is 0. The van der Waals surface area contributed by atoms with E-state index >= 15 is 0 Å². The first-order chi connectivity index (χ1) is 14.3. The van der Waals surface area contributed by atoms with Gasteiger partial charge in [-0.25, -0.2) is 4.98 Å². The van der Waals surface area contributed by atoms with Gasteiger partial charge in [0.05, 0.1) is 16.3 Å². The van der Waals surface area contributed by atoms with Crippen LogP contribution in [0.25, 0.3) is 5.65 Å². The van der Waals surface area contributed by atoms with Crippen molar-refractivity contribution < 1.29 is 9.72 Å². The molecule has 8 heteroatoms. The Labute approximate surface area is 174 Å². The van der Waals surface area contributed by atoms with Gasteiger partial charge in [-0.1, -0.05) is 6.07 Å². The van der Waals surface area contributed by atoms with Gasteiger partial charge in [0.2, 0.25) is 0 Å². The molecule has 0 unspecified atom stereocenters. The van der Waals surface area contributed by atoms with Gasteiger partial charge in [0.1, 0.15) is 5.65 Å². The number of nitro benzene ring substituents is 1. The van der Waals surface area contributed by atoms with E-state index in [1.807, 2.05) is 6.92 Å². The number of rotatable bonds is 4. The molecular formula is C22H25N5O3. The van der Waals surface area contributed by atoms with Crippen molar-refractivity contribution in [1.29, 1.82) is 0 Å². The van der Waals surface area contributed by atoms with Gasteiger partial charge >= 0.3 is 0 Å². The number of carbonyl (C=O) groups is 1. The van der Waals surface area contributed by atoms with Crippen molar-refractivity contribution in [2.24, 2.45) is 0 Å². The third-order valence-electron chi connectivity index (χ3n) is 5.77. The van der Waals surface area contributed by atoms with Crippen LogP contribution in [0.1, 0.15) is 32.9 Å². The first kappa shape index (κ1) is 20.0. The van der Waals surface area contributed by atoms with Crippen LogP contribution in [-0.2, 0) is 6.54 Å². The summed E-state index contributed by atoms with van der Waals surface area (Å²) in [5.74, 6) is -0.154. The number of aromatic nitrogens is 2. The van der Waals surface area contributed by atoms with Crippen LogP contribution in [0.15, 0.2) is 36.5 Å². The Bertz CT molecular complexity index is 1130. The highest BCUT2D eigenvalue weighted by Crippen LogP contribution is 2.21. The van der Waals surface area contributed by atoms with E-state index in [-0.39, 0.29) is 11.6 Å². The molecule has 30 heavy (non-hydrogen) atoms. The highest BCUT2D eigenvalue weighted by Gasteiger charge is 2.25. The maximum atomic E-state index is 12.8. The Morgan fingerprint density at radius 1 is 1.10 bits per heavy atom. The molecule has 0 N–H and O–H groups in total. The largest absolute Gasteiger partial charge is 0.336 e. The molecule has 3 heterocycles. The van der Waals surface area contributed by atoms with Crippen LogP contribution in [0.3, 0.4) is 0 Å². The molecule has 1 aromatic carbocycles. The minimum atomic E-state index is -0.441. The Morgan fingerprint density at radius 3 is 2.53 bits per heavy atom. The van der Waals surface area contributed by atoms with Gasteiger partial charge in [0.25, 0.3) is 11.6 Å². The fraction of sp³-hybridized carbons (Fsp3) is 0.364. The zero-order valence-electron chi connectivity index (χ0n) is 17.5. The van der Waals surface area contributed by atoms with Crippen LogP contribution in [0.5, 0.6) is 0 Å².